The lowest BCUT2D eigenvalue weighted by molar-refractivity contribution is -0.120. The average Bonchev–Trinajstić information content (AvgIpc) is 2.65. The maximum absolute atomic E-state index is 13.0. The standard InChI is InChI=1S/C20H23FN2O3S/c1-15-4-10-19(11-5-15)22-20(24)17-3-2-12-23(13-17)27(25,26)14-16-6-8-18(21)9-7-16/h4-11,17H,2-3,12-14H2,1H3,(H,22,24)/t17-/m0/s1. The highest BCUT2D eigenvalue weighted by Gasteiger charge is 2.32. The predicted molar refractivity (Wildman–Crippen MR) is 103 cm³/mol. The molecule has 0 aromatic heterocycles. The molecule has 0 radical (unpaired) electrons. The summed E-state index contributed by atoms with van der Waals surface area (Å²) in [5.74, 6) is -1.15. The van der Waals surface area contributed by atoms with Gasteiger partial charge in [-0.2, -0.15) is 0 Å². The summed E-state index contributed by atoms with van der Waals surface area (Å²) >= 11 is 0. The van der Waals surface area contributed by atoms with E-state index >= 15 is 0 Å². The van der Waals surface area contributed by atoms with Gasteiger partial charge in [-0.25, -0.2) is 17.1 Å². The van der Waals surface area contributed by atoms with Crippen LogP contribution in [0.15, 0.2) is 48.5 Å². The van der Waals surface area contributed by atoms with Gasteiger partial charge in [0.05, 0.1) is 11.7 Å². The van der Waals surface area contributed by atoms with Crippen LogP contribution in [0.3, 0.4) is 0 Å². The van der Waals surface area contributed by atoms with Gasteiger partial charge in [0, 0.05) is 18.8 Å². The first-order valence-corrected chi connectivity index (χ1v) is 10.5. The van der Waals surface area contributed by atoms with Crippen LogP contribution < -0.4 is 5.32 Å². The van der Waals surface area contributed by atoms with Crippen LogP contribution in [0.25, 0.3) is 0 Å². The molecule has 1 heterocycles. The predicted octanol–water partition coefficient (Wildman–Crippen LogP) is 3.31. The molecule has 5 nitrogen and oxygen atoms in total. The molecule has 2 aromatic rings. The van der Waals surface area contributed by atoms with Crippen LogP contribution in [-0.4, -0.2) is 31.7 Å². The van der Waals surface area contributed by atoms with Crippen LogP contribution in [0.2, 0.25) is 0 Å². The van der Waals surface area contributed by atoms with Crippen LogP contribution in [0.4, 0.5) is 10.1 Å². The number of rotatable bonds is 5. The first-order valence-electron chi connectivity index (χ1n) is 8.93. The van der Waals surface area contributed by atoms with Crippen molar-refractivity contribution in [3.63, 3.8) is 0 Å². The minimum atomic E-state index is -3.56. The second-order valence-electron chi connectivity index (χ2n) is 6.94. The summed E-state index contributed by atoms with van der Waals surface area (Å²) in [7, 11) is -3.56. The molecule has 0 aliphatic carbocycles. The summed E-state index contributed by atoms with van der Waals surface area (Å²) in [5, 5.41) is 2.86. The number of aryl methyl sites for hydroxylation is 1. The lowest BCUT2D eigenvalue weighted by atomic mass is 9.98. The lowest BCUT2D eigenvalue weighted by Gasteiger charge is -2.31. The van der Waals surface area contributed by atoms with E-state index in [1.54, 1.807) is 0 Å². The smallest absolute Gasteiger partial charge is 0.228 e. The van der Waals surface area contributed by atoms with Crippen molar-refractivity contribution >= 4 is 21.6 Å². The van der Waals surface area contributed by atoms with Gasteiger partial charge in [-0.1, -0.05) is 29.8 Å². The summed E-state index contributed by atoms with van der Waals surface area (Å²) in [6.45, 7) is 2.54. The zero-order valence-corrected chi connectivity index (χ0v) is 16.0. The van der Waals surface area contributed by atoms with E-state index in [2.05, 4.69) is 5.32 Å². The van der Waals surface area contributed by atoms with E-state index in [-0.39, 0.29) is 24.1 Å². The monoisotopic (exact) mass is 390 g/mol. The van der Waals surface area contributed by atoms with Gasteiger partial charge in [0.15, 0.2) is 0 Å². The van der Waals surface area contributed by atoms with Gasteiger partial charge in [0.2, 0.25) is 15.9 Å². The summed E-state index contributed by atoms with van der Waals surface area (Å²) in [5.41, 5.74) is 2.34. The quantitative estimate of drug-likeness (QED) is 0.852. The fourth-order valence-corrected chi connectivity index (χ4v) is 4.78. The Balaban J connectivity index is 1.64. The van der Waals surface area contributed by atoms with Crippen molar-refractivity contribution in [2.24, 2.45) is 5.92 Å². The Bertz CT molecular complexity index is 896. The topological polar surface area (TPSA) is 66.5 Å². The molecular weight excluding hydrogens is 367 g/mol. The summed E-state index contributed by atoms with van der Waals surface area (Å²) in [4.78, 5) is 12.5. The number of piperidine rings is 1. The Kier molecular flexibility index (Phi) is 5.92. The Labute approximate surface area is 159 Å². The molecule has 1 saturated heterocycles. The van der Waals surface area contributed by atoms with E-state index in [1.807, 2.05) is 31.2 Å². The van der Waals surface area contributed by atoms with Crippen molar-refractivity contribution in [2.75, 3.05) is 18.4 Å². The van der Waals surface area contributed by atoms with E-state index in [1.165, 1.54) is 28.6 Å². The number of benzene rings is 2. The number of carbonyl (C=O) groups excluding carboxylic acids is 1. The highest BCUT2D eigenvalue weighted by Crippen LogP contribution is 2.23. The molecule has 2 aromatic carbocycles. The summed E-state index contributed by atoms with van der Waals surface area (Å²) in [6, 6.07) is 12.9. The fourth-order valence-electron chi connectivity index (χ4n) is 3.17. The van der Waals surface area contributed by atoms with Crippen molar-refractivity contribution in [3.05, 3.63) is 65.5 Å². The molecule has 1 aliphatic heterocycles. The third kappa shape index (κ3) is 5.14. The zero-order chi connectivity index (χ0) is 19.4. The number of nitrogens with one attached hydrogen (secondary N) is 1. The van der Waals surface area contributed by atoms with Gasteiger partial charge >= 0.3 is 0 Å². The van der Waals surface area contributed by atoms with E-state index in [4.69, 9.17) is 0 Å². The van der Waals surface area contributed by atoms with Gasteiger partial charge in [-0.3, -0.25) is 4.79 Å². The van der Waals surface area contributed by atoms with Gasteiger partial charge in [0.1, 0.15) is 5.82 Å². The van der Waals surface area contributed by atoms with E-state index in [0.29, 0.717) is 30.6 Å². The molecule has 1 aliphatic rings. The van der Waals surface area contributed by atoms with E-state index in [9.17, 15) is 17.6 Å². The normalized spacial score (nSPS) is 18.2. The Morgan fingerprint density at radius 2 is 1.81 bits per heavy atom. The zero-order valence-electron chi connectivity index (χ0n) is 15.2. The van der Waals surface area contributed by atoms with Crippen molar-refractivity contribution in [1.29, 1.82) is 0 Å². The Hall–Kier alpha value is -2.25. The number of sulfonamides is 1. The van der Waals surface area contributed by atoms with Crippen LogP contribution in [0.1, 0.15) is 24.0 Å². The minimum Gasteiger partial charge on any atom is -0.326 e. The van der Waals surface area contributed by atoms with Crippen molar-refractivity contribution in [3.8, 4) is 0 Å². The highest BCUT2D eigenvalue weighted by atomic mass is 32.2. The minimum absolute atomic E-state index is 0.166. The average molecular weight is 390 g/mol. The van der Waals surface area contributed by atoms with Crippen LogP contribution in [0.5, 0.6) is 0 Å². The maximum atomic E-state index is 13.0. The van der Waals surface area contributed by atoms with Gasteiger partial charge in [0.25, 0.3) is 0 Å². The number of anilines is 1. The first-order chi connectivity index (χ1) is 12.8. The van der Waals surface area contributed by atoms with E-state index in [0.717, 1.165) is 5.56 Å². The van der Waals surface area contributed by atoms with E-state index < -0.39 is 15.8 Å². The molecule has 1 N–H and O–H groups in total. The van der Waals surface area contributed by atoms with Crippen molar-refractivity contribution in [1.82, 2.24) is 4.31 Å². The number of carbonyl (C=O) groups is 1. The first kappa shape index (κ1) is 19.5. The Morgan fingerprint density at radius 3 is 2.48 bits per heavy atom. The molecule has 1 atom stereocenters. The summed E-state index contributed by atoms with van der Waals surface area (Å²) in [6.07, 6.45) is 1.29. The van der Waals surface area contributed by atoms with Crippen LogP contribution >= 0.6 is 0 Å². The molecule has 0 saturated carbocycles. The lowest BCUT2D eigenvalue weighted by Crippen LogP contribution is -2.44. The fraction of sp³-hybridized carbons (Fsp3) is 0.350. The van der Waals surface area contributed by atoms with Gasteiger partial charge < -0.3 is 5.32 Å². The third-order valence-corrected chi connectivity index (χ3v) is 6.55. The molecule has 27 heavy (non-hydrogen) atoms. The number of amides is 1. The largest absolute Gasteiger partial charge is 0.326 e. The second-order valence-corrected chi connectivity index (χ2v) is 8.90. The van der Waals surface area contributed by atoms with Gasteiger partial charge in [-0.15, -0.1) is 0 Å². The van der Waals surface area contributed by atoms with Crippen LogP contribution in [0, 0.1) is 18.7 Å². The van der Waals surface area contributed by atoms with Gasteiger partial charge in [-0.05, 0) is 49.6 Å². The molecule has 144 valence electrons. The van der Waals surface area contributed by atoms with Crippen LogP contribution in [-0.2, 0) is 20.6 Å². The van der Waals surface area contributed by atoms with Crippen molar-refractivity contribution < 1.29 is 17.6 Å². The second kappa shape index (κ2) is 8.19. The SMILES string of the molecule is Cc1ccc(NC(=O)[C@H]2CCCN(S(=O)(=O)Cc3ccc(F)cc3)C2)cc1. The molecular formula is C20H23FN2O3S. The molecule has 1 fully saturated rings. The third-order valence-electron chi connectivity index (χ3n) is 4.73. The molecule has 0 unspecified atom stereocenters. The number of hydrogen-bond donors (Lipinski definition) is 1. The number of nitrogens with zero attached hydrogens (tertiary/aromatic N) is 1. The number of halogens is 1. The number of hydrogen-bond acceptors (Lipinski definition) is 3. The maximum Gasteiger partial charge on any atom is 0.228 e. The highest BCUT2D eigenvalue weighted by molar-refractivity contribution is 7.88. The van der Waals surface area contributed by atoms with Crippen molar-refractivity contribution in [2.45, 2.75) is 25.5 Å². The molecule has 0 spiro atoms. The molecule has 1 amide bonds. The summed E-state index contributed by atoms with van der Waals surface area (Å²) < 4.78 is 39.8. The molecule has 3 rings (SSSR count). The molecule has 0 bridgehead atoms. The molecule has 7 heteroatoms. The Morgan fingerprint density at radius 1 is 1.15 bits per heavy atom.